The molecule has 0 amide bonds. The van der Waals surface area contributed by atoms with E-state index in [4.69, 9.17) is 0 Å². The zero-order valence-electron chi connectivity index (χ0n) is 11.8. The normalized spacial score (nSPS) is 16.1. The van der Waals surface area contributed by atoms with Crippen LogP contribution in [0.25, 0.3) is 0 Å². The molecule has 1 fully saturated rings. The number of rotatable bonds is 5. The average molecular weight is 330 g/mol. The minimum atomic E-state index is 0.489. The Hall–Kier alpha value is -1.12. The Labute approximate surface area is 129 Å². The van der Waals surface area contributed by atoms with Crippen LogP contribution in [0.2, 0.25) is 0 Å². The summed E-state index contributed by atoms with van der Waals surface area (Å²) < 4.78 is 1.19. The molecule has 1 atom stereocenters. The van der Waals surface area contributed by atoms with Gasteiger partial charge in [0.2, 0.25) is 0 Å². The van der Waals surface area contributed by atoms with Crippen molar-refractivity contribution in [2.45, 2.75) is 32.4 Å². The zero-order chi connectivity index (χ0) is 13.9. The largest absolute Gasteiger partial charge is 0.306 e. The summed E-state index contributed by atoms with van der Waals surface area (Å²) in [5, 5.41) is 3.74. The third kappa shape index (κ3) is 3.31. The van der Waals surface area contributed by atoms with Crippen molar-refractivity contribution in [2.75, 3.05) is 0 Å². The highest BCUT2D eigenvalue weighted by atomic mass is 79.9. The van der Waals surface area contributed by atoms with E-state index in [1.165, 1.54) is 34.0 Å². The van der Waals surface area contributed by atoms with Crippen molar-refractivity contribution in [3.8, 4) is 0 Å². The van der Waals surface area contributed by atoms with Gasteiger partial charge in [0.05, 0.1) is 0 Å². The molecule has 1 nitrogen and oxygen atoms in total. The second-order valence-electron chi connectivity index (χ2n) is 5.70. The zero-order valence-corrected chi connectivity index (χ0v) is 13.4. The molecule has 0 radical (unpaired) electrons. The highest BCUT2D eigenvalue weighted by molar-refractivity contribution is 9.10. The molecule has 1 aliphatic carbocycles. The summed E-state index contributed by atoms with van der Waals surface area (Å²) in [5.41, 5.74) is 4.07. The van der Waals surface area contributed by atoms with Gasteiger partial charge < -0.3 is 5.32 Å². The van der Waals surface area contributed by atoms with Crippen molar-refractivity contribution in [3.05, 3.63) is 69.7 Å². The van der Waals surface area contributed by atoms with E-state index in [9.17, 15) is 0 Å². The highest BCUT2D eigenvalue weighted by Gasteiger charge is 2.31. The Balaban J connectivity index is 1.72. The van der Waals surface area contributed by atoms with Crippen molar-refractivity contribution in [1.29, 1.82) is 0 Å². The standard InChI is InChI=1S/C18H20BrN/c1-13-6-8-14(9-7-13)18(15-10-11-15)20-12-16-4-2-3-5-17(16)19/h2-9,15,18,20H,10-12H2,1H3. The van der Waals surface area contributed by atoms with Crippen LogP contribution in [0.1, 0.15) is 35.6 Å². The number of hydrogen-bond donors (Lipinski definition) is 1. The molecule has 2 aromatic rings. The van der Waals surface area contributed by atoms with Crippen LogP contribution >= 0.6 is 15.9 Å². The predicted molar refractivity (Wildman–Crippen MR) is 87.6 cm³/mol. The maximum atomic E-state index is 3.74. The Morgan fingerprint density at radius 3 is 2.45 bits per heavy atom. The lowest BCUT2D eigenvalue weighted by molar-refractivity contribution is 0.480. The molecule has 1 saturated carbocycles. The monoisotopic (exact) mass is 329 g/mol. The van der Waals surface area contributed by atoms with E-state index in [1.54, 1.807) is 0 Å². The second-order valence-corrected chi connectivity index (χ2v) is 6.55. The van der Waals surface area contributed by atoms with Crippen molar-refractivity contribution in [2.24, 2.45) is 5.92 Å². The van der Waals surface area contributed by atoms with Crippen LogP contribution in [0.5, 0.6) is 0 Å². The first-order valence-corrected chi connectivity index (χ1v) is 8.06. The fraction of sp³-hybridized carbons (Fsp3) is 0.333. The molecule has 0 saturated heterocycles. The van der Waals surface area contributed by atoms with Crippen molar-refractivity contribution < 1.29 is 0 Å². The van der Waals surface area contributed by atoms with Gasteiger partial charge in [0, 0.05) is 17.1 Å². The van der Waals surface area contributed by atoms with Crippen LogP contribution in [0, 0.1) is 12.8 Å². The van der Waals surface area contributed by atoms with Crippen LogP contribution in [0.4, 0.5) is 0 Å². The van der Waals surface area contributed by atoms with Crippen molar-refractivity contribution in [1.82, 2.24) is 5.32 Å². The molecule has 0 heterocycles. The topological polar surface area (TPSA) is 12.0 Å². The fourth-order valence-electron chi connectivity index (χ4n) is 2.62. The van der Waals surface area contributed by atoms with Gasteiger partial charge in [-0.2, -0.15) is 0 Å². The third-order valence-corrected chi connectivity index (χ3v) is 4.77. The van der Waals surface area contributed by atoms with Crippen LogP contribution < -0.4 is 5.32 Å². The third-order valence-electron chi connectivity index (χ3n) is 4.00. The van der Waals surface area contributed by atoms with E-state index in [0.717, 1.165) is 12.5 Å². The van der Waals surface area contributed by atoms with Gasteiger partial charge in [0.15, 0.2) is 0 Å². The molecular formula is C18H20BrN. The Bertz CT molecular complexity index is 572. The number of benzene rings is 2. The van der Waals surface area contributed by atoms with E-state index in [2.05, 4.69) is 76.7 Å². The van der Waals surface area contributed by atoms with E-state index in [1.807, 2.05) is 0 Å². The van der Waals surface area contributed by atoms with Gasteiger partial charge in [-0.3, -0.25) is 0 Å². The predicted octanol–water partition coefficient (Wildman–Crippen LogP) is 5.00. The summed E-state index contributed by atoms with van der Waals surface area (Å²) in [6.45, 7) is 3.06. The molecule has 0 aliphatic heterocycles. The van der Waals surface area contributed by atoms with Gasteiger partial charge in [-0.15, -0.1) is 0 Å². The summed E-state index contributed by atoms with van der Waals surface area (Å²) in [5.74, 6) is 0.806. The summed E-state index contributed by atoms with van der Waals surface area (Å²) in [7, 11) is 0. The molecule has 1 unspecified atom stereocenters. The smallest absolute Gasteiger partial charge is 0.0351 e. The lowest BCUT2D eigenvalue weighted by Crippen LogP contribution is -2.22. The molecule has 1 aliphatic rings. The van der Waals surface area contributed by atoms with Gasteiger partial charge in [0.1, 0.15) is 0 Å². The minimum Gasteiger partial charge on any atom is -0.306 e. The molecule has 104 valence electrons. The lowest BCUT2D eigenvalue weighted by atomic mass is 10.0. The first-order valence-electron chi connectivity index (χ1n) is 7.27. The number of halogens is 1. The first kappa shape index (κ1) is 13.8. The second kappa shape index (κ2) is 6.11. The minimum absolute atomic E-state index is 0.489. The number of aryl methyl sites for hydroxylation is 1. The SMILES string of the molecule is Cc1ccc(C(NCc2ccccc2Br)C2CC2)cc1. The van der Waals surface area contributed by atoms with Crippen molar-refractivity contribution >= 4 is 15.9 Å². The van der Waals surface area contributed by atoms with Gasteiger partial charge in [-0.25, -0.2) is 0 Å². The van der Waals surface area contributed by atoms with E-state index >= 15 is 0 Å². The Morgan fingerprint density at radius 1 is 1.10 bits per heavy atom. The van der Waals surface area contributed by atoms with Crippen LogP contribution in [-0.4, -0.2) is 0 Å². The fourth-order valence-corrected chi connectivity index (χ4v) is 3.05. The molecule has 2 aromatic carbocycles. The van der Waals surface area contributed by atoms with Gasteiger partial charge in [-0.05, 0) is 42.9 Å². The average Bonchev–Trinajstić information content (AvgIpc) is 3.27. The highest BCUT2D eigenvalue weighted by Crippen LogP contribution is 2.41. The summed E-state index contributed by atoms with van der Waals surface area (Å²) in [6.07, 6.45) is 2.70. The molecule has 0 aromatic heterocycles. The summed E-state index contributed by atoms with van der Waals surface area (Å²) in [6, 6.07) is 17.9. The molecule has 1 N–H and O–H groups in total. The molecule has 3 rings (SSSR count). The molecule has 20 heavy (non-hydrogen) atoms. The van der Waals surface area contributed by atoms with Gasteiger partial charge in [0.25, 0.3) is 0 Å². The Kier molecular flexibility index (Phi) is 4.23. The molecule has 0 bridgehead atoms. The van der Waals surface area contributed by atoms with Gasteiger partial charge >= 0.3 is 0 Å². The lowest BCUT2D eigenvalue weighted by Gasteiger charge is -2.19. The Morgan fingerprint density at radius 2 is 1.80 bits per heavy atom. The summed E-state index contributed by atoms with van der Waals surface area (Å²) >= 11 is 3.62. The van der Waals surface area contributed by atoms with E-state index in [0.29, 0.717) is 6.04 Å². The van der Waals surface area contributed by atoms with Crippen LogP contribution in [-0.2, 0) is 6.54 Å². The maximum Gasteiger partial charge on any atom is 0.0351 e. The number of nitrogens with one attached hydrogen (secondary N) is 1. The number of hydrogen-bond acceptors (Lipinski definition) is 1. The van der Waals surface area contributed by atoms with E-state index < -0.39 is 0 Å². The van der Waals surface area contributed by atoms with Crippen molar-refractivity contribution in [3.63, 3.8) is 0 Å². The van der Waals surface area contributed by atoms with E-state index in [-0.39, 0.29) is 0 Å². The van der Waals surface area contributed by atoms with Gasteiger partial charge in [-0.1, -0.05) is 64.0 Å². The van der Waals surface area contributed by atoms with Crippen LogP contribution in [0.15, 0.2) is 53.0 Å². The molecule has 2 heteroatoms. The molecule has 0 spiro atoms. The van der Waals surface area contributed by atoms with Crippen LogP contribution in [0.3, 0.4) is 0 Å². The first-order chi connectivity index (χ1) is 9.74. The quantitative estimate of drug-likeness (QED) is 0.814. The molecular weight excluding hydrogens is 310 g/mol. The maximum absolute atomic E-state index is 3.74. The summed E-state index contributed by atoms with van der Waals surface area (Å²) in [4.78, 5) is 0.